The number of carbonyl (C=O) groups excluding carboxylic acids is 1. The minimum atomic E-state index is 0.222. The van der Waals surface area contributed by atoms with Crippen molar-refractivity contribution < 1.29 is 4.79 Å². The Morgan fingerprint density at radius 3 is 2.78 bits per heavy atom. The number of nitrogens with zero attached hydrogens (tertiary/aromatic N) is 1. The summed E-state index contributed by atoms with van der Waals surface area (Å²) in [5, 5.41) is 0. The molecular weight excluding hydrogens is 114 g/mol. The lowest BCUT2D eigenvalue weighted by Crippen LogP contribution is -2.30. The highest BCUT2D eigenvalue weighted by Gasteiger charge is 2.38. The predicted molar refractivity (Wildman–Crippen MR) is 33.8 cm³/mol. The highest BCUT2D eigenvalue weighted by molar-refractivity contribution is 5.84. The smallest absolute Gasteiger partial charge is 0.229 e. The van der Waals surface area contributed by atoms with E-state index >= 15 is 0 Å². The van der Waals surface area contributed by atoms with E-state index in [9.17, 15) is 4.79 Å². The van der Waals surface area contributed by atoms with Gasteiger partial charge in [-0.3, -0.25) is 4.79 Å². The Morgan fingerprint density at radius 2 is 2.44 bits per heavy atom. The first-order valence-electron chi connectivity index (χ1n) is 3.24. The SMILES string of the molecule is CN1C(=O)[C@@H]2C=CC1C2. The summed E-state index contributed by atoms with van der Waals surface area (Å²) < 4.78 is 0. The van der Waals surface area contributed by atoms with Gasteiger partial charge in [-0.15, -0.1) is 0 Å². The molecule has 48 valence electrons. The van der Waals surface area contributed by atoms with E-state index in [-0.39, 0.29) is 5.92 Å². The summed E-state index contributed by atoms with van der Waals surface area (Å²) in [6.07, 6.45) is 5.16. The van der Waals surface area contributed by atoms with Crippen LogP contribution in [0.4, 0.5) is 0 Å². The molecule has 0 spiro atoms. The van der Waals surface area contributed by atoms with Crippen LogP contribution < -0.4 is 0 Å². The van der Waals surface area contributed by atoms with E-state index in [0.29, 0.717) is 11.9 Å². The van der Waals surface area contributed by atoms with E-state index in [1.807, 2.05) is 18.0 Å². The van der Waals surface area contributed by atoms with Crippen LogP contribution in [-0.4, -0.2) is 23.9 Å². The van der Waals surface area contributed by atoms with E-state index < -0.39 is 0 Å². The van der Waals surface area contributed by atoms with Crippen molar-refractivity contribution >= 4 is 5.91 Å². The molecule has 1 unspecified atom stereocenters. The molecule has 1 amide bonds. The number of likely N-dealkylation sites (tertiary alicyclic amines) is 1. The molecule has 1 heterocycles. The largest absolute Gasteiger partial charge is 0.339 e. The lowest BCUT2D eigenvalue weighted by atomic mass is 10.1. The molecule has 0 saturated carbocycles. The van der Waals surface area contributed by atoms with Crippen molar-refractivity contribution in [2.24, 2.45) is 5.92 Å². The van der Waals surface area contributed by atoms with Crippen LogP contribution in [0.1, 0.15) is 6.42 Å². The van der Waals surface area contributed by atoms with Gasteiger partial charge in [0.15, 0.2) is 0 Å². The number of amides is 1. The van der Waals surface area contributed by atoms with Gasteiger partial charge in [0, 0.05) is 7.05 Å². The van der Waals surface area contributed by atoms with Gasteiger partial charge in [-0.2, -0.15) is 0 Å². The van der Waals surface area contributed by atoms with Crippen LogP contribution in [0.2, 0.25) is 0 Å². The highest BCUT2D eigenvalue weighted by Crippen LogP contribution is 2.30. The van der Waals surface area contributed by atoms with Crippen molar-refractivity contribution in [3.05, 3.63) is 12.2 Å². The van der Waals surface area contributed by atoms with Gasteiger partial charge in [0.25, 0.3) is 0 Å². The molecule has 1 saturated heterocycles. The minimum absolute atomic E-state index is 0.222. The first-order valence-corrected chi connectivity index (χ1v) is 3.24. The Morgan fingerprint density at radius 1 is 1.67 bits per heavy atom. The zero-order chi connectivity index (χ0) is 6.43. The van der Waals surface area contributed by atoms with Crippen molar-refractivity contribution in [1.29, 1.82) is 0 Å². The van der Waals surface area contributed by atoms with E-state index in [0.717, 1.165) is 6.42 Å². The van der Waals surface area contributed by atoms with Gasteiger partial charge in [0.2, 0.25) is 5.91 Å². The van der Waals surface area contributed by atoms with E-state index in [4.69, 9.17) is 0 Å². The third kappa shape index (κ3) is 0.479. The van der Waals surface area contributed by atoms with Gasteiger partial charge in [-0.05, 0) is 6.42 Å². The van der Waals surface area contributed by atoms with Crippen molar-refractivity contribution in [1.82, 2.24) is 4.90 Å². The third-order valence-corrected chi connectivity index (χ3v) is 2.22. The molecule has 2 nitrogen and oxygen atoms in total. The lowest BCUT2D eigenvalue weighted by Gasteiger charge is -2.17. The summed E-state index contributed by atoms with van der Waals surface area (Å²) in [6.45, 7) is 0. The fraction of sp³-hybridized carbons (Fsp3) is 0.571. The van der Waals surface area contributed by atoms with Crippen LogP contribution in [0.3, 0.4) is 0 Å². The second-order valence-corrected chi connectivity index (χ2v) is 2.74. The molecule has 2 aliphatic rings. The maximum absolute atomic E-state index is 11.0. The van der Waals surface area contributed by atoms with Gasteiger partial charge >= 0.3 is 0 Å². The van der Waals surface area contributed by atoms with Gasteiger partial charge in [-0.1, -0.05) is 12.2 Å². The van der Waals surface area contributed by atoms with Crippen LogP contribution in [-0.2, 0) is 4.79 Å². The molecule has 2 atom stereocenters. The molecule has 0 aromatic heterocycles. The first-order chi connectivity index (χ1) is 4.29. The number of hydrogen-bond acceptors (Lipinski definition) is 1. The molecule has 0 N–H and O–H groups in total. The van der Waals surface area contributed by atoms with Crippen molar-refractivity contribution in [2.45, 2.75) is 12.5 Å². The zero-order valence-corrected chi connectivity index (χ0v) is 5.37. The van der Waals surface area contributed by atoms with Gasteiger partial charge < -0.3 is 4.90 Å². The summed E-state index contributed by atoms with van der Waals surface area (Å²) in [4.78, 5) is 12.9. The molecule has 2 bridgehead atoms. The molecule has 0 radical (unpaired) electrons. The van der Waals surface area contributed by atoms with Crippen LogP contribution in [0, 0.1) is 5.92 Å². The Balaban J connectivity index is 2.36. The average Bonchev–Trinajstić information content (AvgIpc) is 2.37. The maximum Gasteiger partial charge on any atom is 0.229 e. The molecule has 0 aromatic carbocycles. The molecule has 9 heavy (non-hydrogen) atoms. The van der Waals surface area contributed by atoms with Gasteiger partial charge in [0.05, 0.1) is 12.0 Å². The van der Waals surface area contributed by atoms with Crippen molar-refractivity contribution in [3.8, 4) is 0 Å². The number of rotatable bonds is 0. The zero-order valence-electron chi connectivity index (χ0n) is 5.37. The Labute approximate surface area is 54.1 Å². The summed E-state index contributed by atoms with van der Waals surface area (Å²) in [7, 11) is 1.87. The Hall–Kier alpha value is -0.790. The maximum atomic E-state index is 11.0. The number of likely N-dealkylation sites (N-methyl/N-ethyl adjacent to an activating group) is 1. The lowest BCUT2D eigenvalue weighted by molar-refractivity contribution is -0.129. The van der Waals surface area contributed by atoms with Gasteiger partial charge in [-0.25, -0.2) is 0 Å². The van der Waals surface area contributed by atoms with Crippen molar-refractivity contribution in [3.63, 3.8) is 0 Å². The molecule has 1 aliphatic heterocycles. The van der Waals surface area contributed by atoms with Crippen LogP contribution in [0.15, 0.2) is 12.2 Å². The third-order valence-electron chi connectivity index (χ3n) is 2.22. The molecule has 1 fully saturated rings. The molecule has 0 aromatic rings. The Kier molecular flexibility index (Phi) is 0.770. The second-order valence-electron chi connectivity index (χ2n) is 2.74. The van der Waals surface area contributed by atoms with Crippen LogP contribution >= 0.6 is 0 Å². The fourth-order valence-electron chi connectivity index (χ4n) is 1.58. The topological polar surface area (TPSA) is 20.3 Å². The second kappa shape index (κ2) is 1.38. The van der Waals surface area contributed by atoms with E-state index in [2.05, 4.69) is 6.08 Å². The van der Waals surface area contributed by atoms with E-state index in [1.54, 1.807) is 0 Å². The highest BCUT2D eigenvalue weighted by atomic mass is 16.2. The average molecular weight is 123 g/mol. The standard InChI is InChI=1S/C7H9NO/c1-8-6-3-2-5(4-6)7(8)9/h2-3,5-6H,4H2,1H3/t5-,6?/m1/s1. The van der Waals surface area contributed by atoms with Crippen LogP contribution in [0.25, 0.3) is 0 Å². The fourth-order valence-corrected chi connectivity index (χ4v) is 1.58. The molecular formula is C7H9NO. The number of hydrogen-bond donors (Lipinski definition) is 0. The number of fused-ring (bicyclic) bond motifs is 2. The summed E-state index contributed by atoms with van der Waals surface area (Å²) in [6, 6.07) is 0.419. The summed E-state index contributed by atoms with van der Waals surface area (Å²) in [5.74, 6) is 0.516. The van der Waals surface area contributed by atoms with Gasteiger partial charge in [0.1, 0.15) is 0 Å². The molecule has 1 aliphatic carbocycles. The van der Waals surface area contributed by atoms with Crippen LogP contribution in [0.5, 0.6) is 0 Å². The monoisotopic (exact) mass is 123 g/mol. The van der Waals surface area contributed by atoms with E-state index in [1.165, 1.54) is 0 Å². The molecule has 2 heteroatoms. The normalized spacial score (nSPS) is 38.8. The predicted octanol–water partition coefficient (Wildman–Crippen LogP) is 0.403. The first kappa shape index (κ1) is 5.03. The summed E-state index contributed by atoms with van der Waals surface area (Å²) in [5.41, 5.74) is 0. The summed E-state index contributed by atoms with van der Waals surface area (Å²) >= 11 is 0. The molecule has 2 rings (SSSR count). The minimum Gasteiger partial charge on any atom is -0.339 e. The van der Waals surface area contributed by atoms with Crippen molar-refractivity contribution in [2.75, 3.05) is 7.05 Å². The Bertz CT molecular complexity index is 185. The quantitative estimate of drug-likeness (QED) is 0.427. The number of carbonyl (C=O) groups is 1.